The van der Waals surface area contributed by atoms with Crippen molar-refractivity contribution in [3.05, 3.63) is 28.7 Å². The number of nitrogens with one attached hydrogen (secondary N) is 1. The van der Waals surface area contributed by atoms with Crippen molar-refractivity contribution in [1.82, 2.24) is 5.32 Å². The third-order valence-corrected chi connectivity index (χ3v) is 2.57. The van der Waals surface area contributed by atoms with Gasteiger partial charge in [-0.2, -0.15) is 0 Å². The Balaban J connectivity index is 2.49. The van der Waals surface area contributed by atoms with Crippen LogP contribution < -0.4 is 10.1 Å². The van der Waals surface area contributed by atoms with Crippen LogP contribution in [-0.4, -0.2) is 20.2 Å². The fourth-order valence-electron chi connectivity index (χ4n) is 1.37. The van der Waals surface area contributed by atoms with Gasteiger partial charge < -0.3 is 10.1 Å². The predicted octanol–water partition coefficient (Wildman–Crippen LogP) is 3.07. The van der Waals surface area contributed by atoms with E-state index in [-0.39, 0.29) is 5.41 Å². The molecule has 2 nitrogen and oxygen atoms in total. The molecule has 0 heterocycles. The number of ether oxygens (including phenoxy) is 1. The average Bonchev–Trinajstić information content (AvgIpc) is 2.15. The largest absolute Gasteiger partial charge is 0.493 e. The van der Waals surface area contributed by atoms with E-state index in [0.29, 0.717) is 6.61 Å². The molecule has 1 aromatic carbocycles. The number of hydrogen-bond donors (Lipinski definition) is 1. The fourth-order valence-corrected chi connectivity index (χ4v) is 1.74. The van der Waals surface area contributed by atoms with Gasteiger partial charge in [-0.3, -0.25) is 0 Å². The van der Waals surface area contributed by atoms with Gasteiger partial charge in [-0.25, -0.2) is 0 Å². The molecule has 0 aliphatic rings. The minimum absolute atomic E-state index is 0.150. The first-order chi connectivity index (χ1) is 7.03. The van der Waals surface area contributed by atoms with Gasteiger partial charge in [0.25, 0.3) is 0 Å². The molecule has 0 aliphatic heterocycles. The summed E-state index contributed by atoms with van der Waals surface area (Å²) < 4.78 is 6.78. The van der Waals surface area contributed by atoms with E-state index in [1.165, 1.54) is 0 Å². The van der Waals surface area contributed by atoms with Crippen molar-refractivity contribution in [2.24, 2.45) is 5.41 Å². The maximum atomic E-state index is 5.73. The quantitative estimate of drug-likeness (QED) is 0.889. The van der Waals surface area contributed by atoms with Gasteiger partial charge in [0.2, 0.25) is 0 Å². The molecule has 0 spiro atoms. The first kappa shape index (κ1) is 12.5. The Bertz CT molecular complexity index is 312. The lowest BCUT2D eigenvalue weighted by Crippen LogP contribution is -2.32. The summed E-state index contributed by atoms with van der Waals surface area (Å²) >= 11 is 3.42. The van der Waals surface area contributed by atoms with Gasteiger partial charge in [0.15, 0.2) is 0 Å². The molecule has 0 radical (unpaired) electrons. The van der Waals surface area contributed by atoms with Crippen LogP contribution in [0.5, 0.6) is 5.75 Å². The van der Waals surface area contributed by atoms with Gasteiger partial charge in [0, 0.05) is 16.4 Å². The van der Waals surface area contributed by atoms with E-state index < -0.39 is 0 Å². The third kappa shape index (κ3) is 4.67. The molecule has 0 amide bonds. The molecule has 0 saturated heterocycles. The minimum atomic E-state index is 0.150. The summed E-state index contributed by atoms with van der Waals surface area (Å²) in [4.78, 5) is 0. The summed E-state index contributed by atoms with van der Waals surface area (Å²) in [6.45, 7) is 6.02. The van der Waals surface area contributed by atoms with Crippen molar-refractivity contribution in [3.8, 4) is 5.75 Å². The molecule has 0 fully saturated rings. The van der Waals surface area contributed by atoms with Crippen LogP contribution in [0.1, 0.15) is 13.8 Å². The van der Waals surface area contributed by atoms with Crippen LogP contribution in [0.4, 0.5) is 0 Å². The third-order valence-electron chi connectivity index (χ3n) is 2.08. The van der Waals surface area contributed by atoms with Gasteiger partial charge in [0.1, 0.15) is 5.75 Å². The second-order valence-corrected chi connectivity index (χ2v) is 5.36. The molecule has 0 aliphatic carbocycles. The number of rotatable bonds is 5. The zero-order valence-corrected chi connectivity index (χ0v) is 11.1. The first-order valence-electron chi connectivity index (χ1n) is 5.06. The second-order valence-electron chi connectivity index (χ2n) is 4.44. The molecule has 1 rings (SSSR count). The Morgan fingerprint density at radius 3 is 2.73 bits per heavy atom. The van der Waals surface area contributed by atoms with Gasteiger partial charge in [0.05, 0.1) is 6.61 Å². The van der Waals surface area contributed by atoms with Gasteiger partial charge in [-0.05, 0) is 25.2 Å². The Kier molecular flexibility index (Phi) is 4.61. The van der Waals surface area contributed by atoms with Crippen molar-refractivity contribution < 1.29 is 4.74 Å². The normalized spacial score (nSPS) is 11.5. The van der Waals surface area contributed by atoms with Crippen LogP contribution in [0.25, 0.3) is 0 Å². The average molecular weight is 272 g/mol. The summed E-state index contributed by atoms with van der Waals surface area (Å²) in [5, 5.41) is 3.17. The smallest absolute Gasteiger partial charge is 0.120 e. The van der Waals surface area contributed by atoms with E-state index in [1.54, 1.807) is 0 Å². The summed E-state index contributed by atoms with van der Waals surface area (Å²) in [7, 11) is 1.96. The van der Waals surface area contributed by atoms with Gasteiger partial charge >= 0.3 is 0 Å². The molecule has 1 aromatic rings. The zero-order valence-electron chi connectivity index (χ0n) is 9.51. The molecule has 0 atom stereocenters. The monoisotopic (exact) mass is 271 g/mol. The van der Waals surface area contributed by atoms with Gasteiger partial charge in [-0.15, -0.1) is 0 Å². The van der Waals surface area contributed by atoms with Crippen molar-refractivity contribution >= 4 is 15.9 Å². The fraction of sp³-hybridized carbons (Fsp3) is 0.500. The topological polar surface area (TPSA) is 21.3 Å². The zero-order chi connectivity index (χ0) is 11.3. The van der Waals surface area contributed by atoms with Crippen LogP contribution in [0.3, 0.4) is 0 Å². The van der Waals surface area contributed by atoms with E-state index in [9.17, 15) is 0 Å². The van der Waals surface area contributed by atoms with E-state index in [0.717, 1.165) is 16.8 Å². The SMILES string of the molecule is CNCC(C)(C)COc1cccc(Br)c1. The van der Waals surface area contributed by atoms with Crippen LogP contribution in [0.15, 0.2) is 28.7 Å². The van der Waals surface area contributed by atoms with E-state index >= 15 is 0 Å². The van der Waals surface area contributed by atoms with Crippen molar-refractivity contribution in [2.75, 3.05) is 20.2 Å². The Morgan fingerprint density at radius 2 is 2.13 bits per heavy atom. The van der Waals surface area contributed by atoms with Gasteiger partial charge in [-0.1, -0.05) is 35.8 Å². The highest BCUT2D eigenvalue weighted by atomic mass is 79.9. The Hall–Kier alpha value is -0.540. The second kappa shape index (κ2) is 5.52. The van der Waals surface area contributed by atoms with Crippen molar-refractivity contribution in [1.29, 1.82) is 0 Å². The van der Waals surface area contributed by atoms with E-state index in [1.807, 2.05) is 31.3 Å². The summed E-state index contributed by atoms with van der Waals surface area (Å²) in [6.07, 6.45) is 0. The lowest BCUT2D eigenvalue weighted by atomic mass is 9.95. The molecular formula is C12H18BrNO. The maximum absolute atomic E-state index is 5.73. The van der Waals surface area contributed by atoms with Crippen LogP contribution in [0, 0.1) is 5.41 Å². The summed E-state index contributed by atoms with van der Waals surface area (Å²) in [5.74, 6) is 0.911. The lowest BCUT2D eigenvalue weighted by molar-refractivity contribution is 0.179. The van der Waals surface area contributed by atoms with Crippen LogP contribution >= 0.6 is 15.9 Å². The highest BCUT2D eigenvalue weighted by Gasteiger charge is 2.17. The molecule has 1 N–H and O–H groups in total. The highest BCUT2D eigenvalue weighted by Crippen LogP contribution is 2.21. The molecule has 84 valence electrons. The maximum Gasteiger partial charge on any atom is 0.120 e. The van der Waals surface area contributed by atoms with E-state index in [2.05, 4.69) is 35.1 Å². The molecule has 0 unspecified atom stereocenters. The summed E-state index contributed by atoms with van der Waals surface area (Å²) in [5.41, 5.74) is 0.150. The number of halogens is 1. The molecule has 3 heteroatoms. The Morgan fingerprint density at radius 1 is 1.40 bits per heavy atom. The Labute approximate surface area is 100 Å². The molecule has 0 bridgehead atoms. The highest BCUT2D eigenvalue weighted by molar-refractivity contribution is 9.10. The predicted molar refractivity (Wildman–Crippen MR) is 67.3 cm³/mol. The standard InChI is InChI=1S/C12H18BrNO/c1-12(2,8-14-3)9-15-11-6-4-5-10(13)7-11/h4-7,14H,8-9H2,1-3H3. The molecule has 0 saturated carbocycles. The van der Waals surface area contributed by atoms with Crippen molar-refractivity contribution in [2.45, 2.75) is 13.8 Å². The number of benzene rings is 1. The summed E-state index contributed by atoms with van der Waals surface area (Å²) in [6, 6.07) is 7.92. The first-order valence-corrected chi connectivity index (χ1v) is 5.86. The van der Waals surface area contributed by atoms with Crippen LogP contribution in [-0.2, 0) is 0 Å². The number of hydrogen-bond acceptors (Lipinski definition) is 2. The van der Waals surface area contributed by atoms with E-state index in [4.69, 9.17) is 4.74 Å². The minimum Gasteiger partial charge on any atom is -0.493 e. The molecular weight excluding hydrogens is 254 g/mol. The van der Waals surface area contributed by atoms with Crippen LogP contribution in [0.2, 0.25) is 0 Å². The lowest BCUT2D eigenvalue weighted by Gasteiger charge is -2.24. The van der Waals surface area contributed by atoms with Crippen molar-refractivity contribution in [3.63, 3.8) is 0 Å². The molecule has 15 heavy (non-hydrogen) atoms. The molecule has 0 aromatic heterocycles.